The van der Waals surface area contributed by atoms with Crippen LogP contribution in [0.15, 0.2) is 55.0 Å². The van der Waals surface area contributed by atoms with Gasteiger partial charge in [0, 0.05) is 36.2 Å². The molecule has 0 spiro atoms. The number of nitriles is 1. The van der Waals surface area contributed by atoms with Crippen molar-refractivity contribution in [3.05, 3.63) is 89.4 Å². The van der Waals surface area contributed by atoms with Gasteiger partial charge in [0.2, 0.25) is 0 Å². The summed E-state index contributed by atoms with van der Waals surface area (Å²) in [5.74, 6) is -0.527. The van der Waals surface area contributed by atoms with Crippen molar-refractivity contribution in [2.75, 3.05) is 16.9 Å². The quantitative estimate of drug-likeness (QED) is 0.381. The van der Waals surface area contributed by atoms with Gasteiger partial charge in [-0.1, -0.05) is 18.2 Å². The minimum Gasteiger partial charge on any atom is -0.394 e. The maximum Gasteiger partial charge on any atom is 0.177 e. The Morgan fingerprint density at radius 1 is 1.18 bits per heavy atom. The summed E-state index contributed by atoms with van der Waals surface area (Å²) >= 11 is 0. The van der Waals surface area contributed by atoms with E-state index in [0.29, 0.717) is 28.3 Å². The van der Waals surface area contributed by atoms with E-state index >= 15 is 4.39 Å². The van der Waals surface area contributed by atoms with Gasteiger partial charge in [-0.2, -0.15) is 15.5 Å². The van der Waals surface area contributed by atoms with Gasteiger partial charge in [0.15, 0.2) is 17.5 Å². The first-order chi connectivity index (χ1) is 18.1. The summed E-state index contributed by atoms with van der Waals surface area (Å²) in [7, 11) is -3.16. The Hall–Kier alpha value is -4.57. The molecular weight excluding hydrogens is 514 g/mol. The standard InChI is InChI=1S/C25H22F2N8O2S/c1-38(36,37)9-8-34-13-17(12-30-34)18-5-3-6-20(26)19(18)10-23-31-25-21(29)14-33(15-35(25)32-23)22-7-2-4-16(11-28)24(22)27/h2-7,12-14H,8-10,15,29H2,1H3. The predicted octanol–water partition coefficient (Wildman–Crippen LogP) is 2.66. The molecule has 1 aliphatic rings. The van der Waals surface area contributed by atoms with E-state index < -0.39 is 21.5 Å². The third kappa shape index (κ3) is 4.98. The zero-order chi connectivity index (χ0) is 27.0. The van der Waals surface area contributed by atoms with Crippen LogP contribution in [0.1, 0.15) is 22.8 Å². The molecule has 2 aromatic heterocycles. The predicted molar refractivity (Wildman–Crippen MR) is 136 cm³/mol. The summed E-state index contributed by atoms with van der Waals surface area (Å²) in [6.07, 6.45) is 5.93. The molecule has 13 heteroatoms. The van der Waals surface area contributed by atoms with Crippen molar-refractivity contribution >= 4 is 21.2 Å². The van der Waals surface area contributed by atoms with Crippen LogP contribution in [0.25, 0.3) is 16.8 Å². The van der Waals surface area contributed by atoms with Gasteiger partial charge >= 0.3 is 0 Å². The number of nitrogens with zero attached hydrogens (tertiary/aromatic N) is 7. The highest BCUT2D eigenvalue weighted by atomic mass is 32.2. The molecule has 194 valence electrons. The first kappa shape index (κ1) is 25.1. The Bertz CT molecular complexity index is 1720. The highest BCUT2D eigenvalue weighted by Gasteiger charge is 2.24. The van der Waals surface area contributed by atoms with Gasteiger partial charge in [0.25, 0.3) is 0 Å². The number of sulfone groups is 1. The second-order valence-electron chi connectivity index (χ2n) is 8.86. The van der Waals surface area contributed by atoms with E-state index in [-0.39, 0.29) is 42.3 Å². The lowest BCUT2D eigenvalue weighted by Gasteiger charge is -2.26. The first-order valence-corrected chi connectivity index (χ1v) is 13.5. The molecule has 4 aromatic rings. The summed E-state index contributed by atoms with van der Waals surface area (Å²) in [5.41, 5.74) is 8.04. The molecule has 0 fully saturated rings. The number of rotatable bonds is 7. The summed E-state index contributed by atoms with van der Waals surface area (Å²) in [6, 6.07) is 11.0. The number of nitrogens with two attached hydrogens (primary N) is 1. The van der Waals surface area contributed by atoms with Gasteiger partial charge in [-0.3, -0.25) is 4.68 Å². The van der Waals surface area contributed by atoms with Crippen LogP contribution in [0.3, 0.4) is 0 Å². The van der Waals surface area contributed by atoms with E-state index in [1.54, 1.807) is 30.6 Å². The number of aryl methyl sites for hydroxylation is 1. The Morgan fingerprint density at radius 3 is 2.74 bits per heavy atom. The monoisotopic (exact) mass is 536 g/mol. The van der Waals surface area contributed by atoms with Crippen LogP contribution in [-0.2, 0) is 29.5 Å². The average Bonchev–Trinajstić information content (AvgIpc) is 3.51. The number of aromatic nitrogens is 5. The molecule has 0 atom stereocenters. The highest BCUT2D eigenvalue weighted by molar-refractivity contribution is 7.90. The second-order valence-corrected chi connectivity index (χ2v) is 11.1. The van der Waals surface area contributed by atoms with E-state index in [1.165, 1.54) is 38.7 Å². The Labute approximate surface area is 217 Å². The van der Waals surface area contributed by atoms with Gasteiger partial charge < -0.3 is 10.6 Å². The zero-order valence-corrected chi connectivity index (χ0v) is 21.0. The van der Waals surface area contributed by atoms with Gasteiger partial charge in [-0.25, -0.2) is 26.9 Å². The van der Waals surface area contributed by atoms with E-state index in [2.05, 4.69) is 15.2 Å². The molecule has 5 rings (SSSR count). The average molecular weight is 537 g/mol. The van der Waals surface area contributed by atoms with Gasteiger partial charge in [0.05, 0.1) is 35.4 Å². The molecular formula is C25H22F2N8O2S. The fourth-order valence-corrected chi connectivity index (χ4v) is 4.73. The van der Waals surface area contributed by atoms with Crippen molar-refractivity contribution in [1.29, 1.82) is 5.26 Å². The van der Waals surface area contributed by atoms with Crippen molar-refractivity contribution in [1.82, 2.24) is 24.5 Å². The molecule has 2 aromatic carbocycles. The lowest BCUT2D eigenvalue weighted by atomic mass is 9.99. The highest BCUT2D eigenvalue weighted by Crippen LogP contribution is 2.29. The van der Waals surface area contributed by atoms with Crippen LogP contribution >= 0.6 is 0 Å². The molecule has 0 saturated carbocycles. The number of benzene rings is 2. The molecule has 10 nitrogen and oxygen atoms in total. The molecule has 0 radical (unpaired) electrons. The van der Waals surface area contributed by atoms with Crippen molar-refractivity contribution < 1.29 is 17.2 Å². The third-order valence-corrected chi connectivity index (χ3v) is 6.98. The van der Waals surface area contributed by atoms with E-state index in [0.717, 1.165) is 6.26 Å². The summed E-state index contributed by atoms with van der Waals surface area (Å²) < 4.78 is 55.7. The molecule has 2 N–H and O–H groups in total. The maximum absolute atomic E-state index is 15.0. The Balaban J connectivity index is 1.42. The minimum absolute atomic E-state index is 0.0437. The summed E-state index contributed by atoms with van der Waals surface area (Å²) in [6.45, 7) is 0.269. The third-order valence-electron chi connectivity index (χ3n) is 6.05. The summed E-state index contributed by atoms with van der Waals surface area (Å²) in [5, 5.41) is 17.8. The lowest BCUT2D eigenvalue weighted by Crippen LogP contribution is -2.29. The van der Waals surface area contributed by atoms with Crippen LogP contribution in [0.2, 0.25) is 0 Å². The van der Waals surface area contributed by atoms with E-state index in [9.17, 15) is 12.8 Å². The van der Waals surface area contributed by atoms with Crippen LogP contribution in [0.5, 0.6) is 0 Å². The fourth-order valence-electron chi connectivity index (χ4n) is 4.21. The first-order valence-electron chi connectivity index (χ1n) is 11.5. The Kier molecular flexibility index (Phi) is 6.41. The van der Waals surface area contributed by atoms with Gasteiger partial charge in [-0.15, -0.1) is 0 Å². The largest absolute Gasteiger partial charge is 0.394 e. The number of hydrogen-bond acceptors (Lipinski definition) is 8. The van der Waals surface area contributed by atoms with Crippen LogP contribution in [0.4, 0.5) is 14.5 Å². The molecule has 0 saturated heterocycles. The van der Waals surface area contributed by atoms with Crippen LogP contribution < -0.4 is 10.6 Å². The van der Waals surface area contributed by atoms with Crippen molar-refractivity contribution in [3.8, 4) is 17.2 Å². The number of hydrogen-bond donors (Lipinski definition) is 1. The normalized spacial score (nSPS) is 13.2. The van der Waals surface area contributed by atoms with Crippen molar-refractivity contribution in [3.63, 3.8) is 0 Å². The molecule has 0 unspecified atom stereocenters. The molecule has 0 aliphatic carbocycles. The smallest absolute Gasteiger partial charge is 0.177 e. The SMILES string of the molecule is CS(=O)(=O)CCn1cc(-c2cccc(F)c2Cc2nc3n(n2)CN(c2cccc(C#N)c2F)C=C3N)cn1. The molecule has 3 heterocycles. The Morgan fingerprint density at radius 2 is 1.97 bits per heavy atom. The minimum atomic E-state index is -3.16. The van der Waals surface area contributed by atoms with Crippen LogP contribution in [-0.4, -0.2) is 45.0 Å². The van der Waals surface area contributed by atoms with E-state index in [1.807, 2.05) is 6.07 Å². The summed E-state index contributed by atoms with van der Waals surface area (Å²) in [4.78, 5) is 6.00. The van der Waals surface area contributed by atoms with E-state index in [4.69, 9.17) is 11.0 Å². The molecule has 0 amide bonds. The maximum atomic E-state index is 15.0. The number of halogens is 2. The zero-order valence-electron chi connectivity index (χ0n) is 20.2. The molecule has 1 aliphatic heterocycles. The second kappa shape index (κ2) is 9.71. The topological polar surface area (TPSA) is 136 Å². The lowest BCUT2D eigenvalue weighted by molar-refractivity contribution is 0.570. The number of fused-ring (bicyclic) bond motifs is 1. The van der Waals surface area contributed by atoms with Crippen molar-refractivity contribution in [2.45, 2.75) is 19.6 Å². The fraction of sp³-hybridized carbons (Fsp3) is 0.200. The van der Waals surface area contributed by atoms with Gasteiger partial charge in [0.1, 0.15) is 28.4 Å². The molecule has 0 bridgehead atoms. The van der Waals surface area contributed by atoms with Gasteiger partial charge in [-0.05, 0) is 23.8 Å². The molecule has 38 heavy (non-hydrogen) atoms. The van der Waals surface area contributed by atoms with Crippen molar-refractivity contribution in [2.24, 2.45) is 5.73 Å². The van der Waals surface area contributed by atoms with Crippen LogP contribution in [0, 0.1) is 23.0 Å². The number of anilines is 1.